The van der Waals surface area contributed by atoms with Crippen LogP contribution in [0.3, 0.4) is 0 Å². The van der Waals surface area contributed by atoms with Crippen LogP contribution in [-0.2, 0) is 6.42 Å². The van der Waals surface area contributed by atoms with Gasteiger partial charge < -0.3 is 0 Å². The van der Waals surface area contributed by atoms with Crippen molar-refractivity contribution in [3.63, 3.8) is 0 Å². The highest BCUT2D eigenvalue weighted by atomic mass is 15.1. The molecular formula is C10H10N2. The van der Waals surface area contributed by atoms with Crippen LogP contribution in [-0.4, -0.2) is 10.2 Å². The lowest BCUT2D eigenvalue weighted by Crippen LogP contribution is -1.90. The van der Waals surface area contributed by atoms with Crippen molar-refractivity contribution in [2.75, 3.05) is 0 Å². The first kappa shape index (κ1) is 6.23. The summed E-state index contributed by atoms with van der Waals surface area (Å²) in [4.78, 5) is 0. The first-order chi connectivity index (χ1) is 5.86. The molecule has 1 heterocycles. The molecule has 1 aliphatic rings. The summed E-state index contributed by atoms with van der Waals surface area (Å²) in [5.74, 6) is 0.618. The standard InChI is InChI=1S/C10H10N2/c1-6-5-7-3-2-4-8-9(7)10(6)12-11-8/h2-4,6H,5H2,1H3,(H,11,12)/t6-/m0/s1. The Morgan fingerprint density at radius 2 is 2.42 bits per heavy atom. The van der Waals surface area contributed by atoms with Gasteiger partial charge in [-0.25, -0.2) is 0 Å². The summed E-state index contributed by atoms with van der Waals surface area (Å²) in [5.41, 5.74) is 3.89. The SMILES string of the molecule is C[C@H]1Cc2cccc3n[nH]c1c23. The van der Waals surface area contributed by atoms with E-state index in [1.807, 2.05) is 0 Å². The number of rotatable bonds is 0. The van der Waals surface area contributed by atoms with Gasteiger partial charge in [0, 0.05) is 17.0 Å². The van der Waals surface area contributed by atoms with Crippen LogP contribution < -0.4 is 0 Å². The van der Waals surface area contributed by atoms with E-state index in [1.165, 1.54) is 23.1 Å². The van der Waals surface area contributed by atoms with Crippen molar-refractivity contribution in [1.82, 2.24) is 10.2 Å². The fourth-order valence-electron chi connectivity index (χ4n) is 2.13. The van der Waals surface area contributed by atoms with Crippen molar-refractivity contribution in [3.8, 4) is 0 Å². The number of aromatic amines is 1. The molecule has 1 atom stereocenters. The molecule has 0 aliphatic heterocycles. The van der Waals surface area contributed by atoms with Gasteiger partial charge in [0.2, 0.25) is 0 Å². The smallest absolute Gasteiger partial charge is 0.0926 e. The third kappa shape index (κ3) is 0.583. The molecule has 0 amide bonds. The summed E-state index contributed by atoms with van der Waals surface area (Å²) in [6.07, 6.45) is 1.17. The molecule has 1 aromatic carbocycles. The maximum Gasteiger partial charge on any atom is 0.0926 e. The first-order valence-electron chi connectivity index (χ1n) is 4.32. The minimum atomic E-state index is 0.618. The van der Waals surface area contributed by atoms with Gasteiger partial charge in [0.1, 0.15) is 0 Å². The van der Waals surface area contributed by atoms with Crippen molar-refractivity contribution >= 4 is 10.9 Å². The molecule has 0 saturated heterocycles. The molecule has 2 heteroatoms. The minimum absolute atomic E-state index is 0.618. The largest absolute Gasteiger partial charge is 0.281 e. The van der Waals surface area contributed by atoms with E-state index in [4.69, 9.17) is 0 Å². The molecule has 60 valence electrons. The number of nitrogens with one attached hydrogen (secondary N) is 1. The Labute approximate surface area is 70.6 Å². The van der Waals surface area contributed by atoms with E-state index >= 15 is 0 Å². The van der Waals surface area contributed by atoms with E-state index in [-0.39, 0.29) is 0 Å². The van der Waals surface area contributed by atoms with Gasteiger partial charge in [0.15, 0.2) is 0 Å². The molecule has 1 aliphatic carbocycles. The van der Waals surface area contributed by atoms with Gasteiger partial charge in [0.25, 0.3) is 0 Å². The summed E-state index contributed by atoms with van der Waals surface area (Å²) in [5, 5.41) is 8.74. The maximum atomic E-state index is 4.26. The van der Waals surface area contributed by atoms with Gasteiger partial charge in [-0.05, 0) is 18.1 Å². The zero-order valence-corrected chi connectivity index (χ0v) is 6.96. The molecule has 12 heavy (non-hydrogen) atoms. The molecule has 2 nitrogen and oxygen atoms in total. The Morgan fingerprint density at radius 1 is 1.50 bits per heavy atom. The van der Waals surface area contributed by atoms with Crippen molar-refractivity contribution in [1.29, 1.82) is 0 Å². The summed E-state index contributed by atoms with van der Waals surface area (Å²) in [6, 6.07) is 6.35. The molecule has 0 bridgehead atoms. The molecule has 3 rings (SSSR count). The molecule has 1 aromatic heterocycles. The van der Waals surface area contributed by atoms with Crippen molar-refractivity contribution in [2.24, 2.45) is 0 Å². The Balaban J connectivity index is 2.51. The van der Waals surface area contributed by atoms with E-state index in [2.05, 4.69) is 35.3 Å². The Hall–Kier alpha value is -1.31. The highest BCUT2D eigenvalue weighted by Gasteiger charge is 2.22. The Bertz CT molecular complexity index is 442. The summed E-state index contributed by atoms with van der Waals surface area (Å²) in [6.45, 7) is 2.24. The zero-order valence-electron chi connectivity index (χ0n) is 6.96. The molecule has 0 spiro atoms. The van der Waals surface area contributed by atoms with Crippen LogP contribution in [0.15, 0.2) is 18.2 Å². The number of benzene rings is 1. The van der Waals surface area contributed by atoms with Gasteiger partial charge in [-0.2, -0.15) is 5.10 Å². The van der Waals surface area contributed by atoms with Gasteiger partial charge in [-0.15, -0.1) is 0 Å². The lowest BCUT2D eigenvalue weighted by atomic mass is 10.1. The lowest BCUT2D eigenvalue weighted by molar-refractivity contribution is 0.757. The number of nitrogens with zero attached hydrogens (tertiary/aromatic N) is 1. The fraction of sp³-hybridized carbons (Fsp3) is 0.300. The Kier molecular flexibility index (Phi) is 0.980. The summed E-state index contributed by atoms with van der Waals surface area (Å²) in [7, 11) is 0. The third-order valence-electron chi connectivity index (χ3n) is 2.71. The monoisotopic (exact) mass is 158 g/mol. The molecule has 0 radical (unpaired) electrons. The van der Waals surface area contributed by atoms with Crippen LogP contribution in [0.1, 0.15) is 24.1 Å². The average Bonchev–Trinajstić information content (AvgIpc) is 2.60. The summed E-state index contributed by atoms with van der Waals surface area (Å²) < 4.78 is 0. The number of aromatic nitrogens is 2. The van der Waals surface area contributed by atoms with E-state index in [9.17, 15) is 0 Å². The van der Waals surface area contributed by atoms with Gasteiger partial charge >= 0.3 is 0 Å². The van der Waals surface area contributed by atoms with E-state index < -0.39 is 0 Å². The lowest BCUT2D eigenvalue weighted by Gasteiger charge is -1.98. The highest BCUT2D eigenvalue weighted by Crippen LogP contribution is 2.35. The fourth-order valence-corrected chi connectivity index (χ4v) is 2.13. The predicted octanol–water partition coefficient (Wildman–Crippen LogP) is 2.22. The number of hydrogen-bond acceptors (Lipinski definition) is 1. The van der Waals surface area contributed by atoms with E-state index in [0.717, 1.165) is 5.52 Å². The van der Waals surface area contributed by atoms with E-state index in [0.29, 0.717) is 5.92 Å². The highest BCUT2D eigenvalue weighted by molar-refractivity contribution is 5.87. The van der Waals surface area contributed by atoms with Crippen LogP contribution in [0.25, 0.3) is 10.9 Å². The third-order valence-corrected chi connectivity index (χ3v) is 2.71. The summed E-state index contributed by atoms with van der Waals surface area (Å²) >= 11 is 0. The Morgan fingerprint density at radius 3 is 3.33 bits per heavy atom. The second-order valence-corrected chi connectivity index (χ2v) is 3.55. The van der Waals surface area contributed by atoms with E-state index in [1.54, 1.807) is 0 Å². The number of H-pyrrole nitrogens is 1. The van der Waals surface area contributed by atoms with Crippen molar-refractivity contribution in [3.05, 3.63) is 29.5 Å². The quantitative estimate of drug-likeness (QED) is 0.625. The van der Waals surface area contributed by atoms with Crippen LogP contribution in [0, 0.1) is 0 Å². The van der Waals surface area contributed by atoms with Crippen LogP contribution >= 0.6 is 0 Å². The molecule has 1 N–H and O–H groups in total. The number of hydrogen-bond donors (Lipinski definition) is 1. The second kappa shape index (κ2) is 1.89. The molecule has 0 fully saturated rings. The van der Waals surface area contributed by atoms with Crippen LogP contribution in [0.2, 0.25) is 0 Å². The van der Waals surface area contributed by atoms with Gasteiger partial charge in [-0.3, -0.25) is 5.10 Å². The topological polar surface area (TPSA) is 28.7 Å². The zero-order chi connectivity index (χ0) is 8.13. The van der Waals surface area contributed by atoms with Crippen molar-refractivity contribution < 1.29 is 0 Å². The molecule has 2 aromatic rings. The molecule has 0 saturated carbocycles. The predicted molar refractivity (Wildman–Crippen MR) is 48.2 cm³/mol. The molecule has 0 unspecified atom stereocenters. The van der Waals surface area contributed by atoms with Crippen LogP contribution in [0.5, 0.6) is 0 Å². The van der Waals surface area contributed by atoms with Crippen LogP contribution in [0.4, 0.5) is 0 Å². The van der Waals surface area contributed by atoms with Gasteiger partial charge in [0.05, 0.1) is 5.52 Å². The second-order valence-electron chi connectivity index (χ2n) is 3.55. The minimum Gasteiger partial charge on any atom is -0.281 e. The van der Waals surface area contributed by atoms with Crippen molar-refractivity contribution in [2.45, 2.75) is 19.3 Å². The first-order valence-corrected chi connectivity index (χ1v) is 4.32. The maximum absolute atomic E-state index is 4.26. The molecular weight excluding hydrogens is 148 g/mol. The normalized spacial score (nSPS) is 20.6. The average molecular weight is 158 g/mol. The van der Waals surface area contributed by atoms with Gasteiger partial charge in [-0.1, -0.05) is 19.1 Å².